The molecule has 0 atom stereocenters. The molecule has 0 saturated carbocycles. The van der Waals surface area contributed by atoms with Crippen LogP contribution < -0.4 is 9.64 Å². The number of aryl methyl sites for hydroxylation is 1. The normalized spacial score (nSPS) is 10.4. The van der Waals surface area contributed by atoms with Gasteiger partial charge in [0.15, 0.2) is 0 Å². The minimum atomic E-state index is -0.507. The van der Waals surface area contributed by atoms with Crippen molar-refractivity contribution in [2.24, 2.45) is 0 Å². The highest BCUT2D eigenvalue weighted by Crippen LogP contribution is 2.36. The number of rotatable bonds is 7. The molecule has 2 aromatic carbocycles. The number of hydrogen-bond acceptors (Lipinski definition) is 6. The molecule has 0 N–H and O–H groups in total. The molecule has 0 fully saturated rings. The van der Waals surface area contributed by atoms with Gasteiger partial charge in [0.1, 0.15) is 12.1 Å². The third-order valence-electron chi connectivity index (χ3n) is 4.12. The molecule has 3 rings (SSSR count). The summed E-state index contributed by atoms with van der Waals surface area (Å²) >= 11 is 0. The van der Waals surface area contributed by atoms with Crippen molar-refractivity contribution in [1.82, 2.24) is 9.97 Å². The highest BCUT2D eigenvalue weighted by Gasteiger charge is 2.27. The van der Waals surface area contributed by atoms with Crippen molar-refractivity contribution in [3.63, 3.8) is 0 Å². The van der Waals surface area contributed by atoms with Gasteiger partial charge >= 0.3 is 11.6 Å². The number of anilines is 1. The van der Waals surface area contributed by atoms with Gasteiger partial charge in [-0.25, -0.2) is 4.98 Å². The van der Waals surface area contributed by atoms with E-state index in [-0.39, 0.29) is 17.4 Å². The average molecular weight is 364 g/mol. The van der Waals surface area contributed by atoms with Crippen molar-refractivity contribution in [1.29, 1.82) is 0 Å². The van der Waals surface area contributed by atoms with E-state index in [0.717, 1.165) is 17.5 Å². The molecule has 7 nitrogen and oxygen atoms in total. The molecule has 0 spiro atoms. The monoisotopic (exact) mass is 364 g/mol. The highest BCUT2D eigenvalue weighted by molar-refractivity contribution is 5.63. The Labute approximate surface area is 157 Å². The molecule has 0 aliphatic rings. The van der Waals surface area contributed by atoms with Gasteiger partial charge in [-0.2, -0.15) is 4.98 Å². The first-order valence-electron chi connectivity index (χ1n) is 8.59. The van der Waals surface area contributed by atoms with Gasteiger partial charge in [0.25, 0.3) is 0 Å². The Morgan fingerprint density at radius 1 is 1.04 bits per heavy atom. The van der Waals surface area contributed by atoms with E-state index in [1.807, 2.05) is 42.5 Å². The molecule has 0 saturated heterocycles. The Morgan fingerprint density at radius 2 is 1.74 bits per heavy atom. The number of hydrogen-bond donors (Lipinski definition) is 0. The fraction of sp³-hybridized carbons (Fsp3) is 0.200. The molecule has 0 radical (unpaired) electrons. The van der Waals surface area contributed by atoms with Crippen LogP contribution in [0.2, 0.25) is 0 Å². The summed E-state index contributed by atoms with van der Waals surface area (Å²) in [4.78, 5) is 21.0. The van der Waals surface area contributed by atoms with Crippen LogP contribution in [0.4, 0.5) is 11.5 Å². The highest BCUT2D eigenvalue weighted by atomic mass is 16.6. The third kappa shape index (κ3) is 4.38. The van der Waals surface area contributed by atoms with Crippen LogP contribution in [-0.2, 0) is 13.0 Å². The molecule has 27 heavy (non-hydrogen) atoms. The Bertz CT molecular complexity index is 914. The maximum atomic E-state index is 11.7. The third-order valence-corrected chi connectivity index (χ3v) is 4.12. The first kappa shape index (κ1) is 18.3. The lowest BCUT2D eigenvalue weighted by atomic mass is 10.2. The minimum absolute atomic E-state index is 0.0749. The lowest BCUT2D eigenvalue weighted by molar-refractivity contribution is -0.385. The average Bonchev–Trinajstić information content (AvgIpc) is 2.69. The minimum Gasteiger partial charge on any atom is -0.434 e. The van der Waals surface area contributed by atoms with Crippen LogP contribution in [-0.4, -0.2) is 21.9 Å². The molecule has 7 heteroatoms. The van der Waals surface area contributed by atoms with Crippen LogP contribution in [0.25, 0.3) is 0 Å². The van der Waals surface area contributed by atoms with E-state index in [1.165, 1.54) is 6.33 Å². The molecular weight excluding hydrogens is 344 g/mol. The van der Waals surface area contributed by atoms with Crippen molar-refractivity contribution in [2.45, 2.75) is 19.9 Å². The largest absolute Gasteiger partial charge is 0.434 e. The van der Waals surface area contributed by atoms with Crippen LogP contribution in [0.5, 0.6) is 11.6 Å². The second-order valence-electron chi connectivity index (χ2n) is 6.05. The summed E-state index contributed by atoms with van der Waals surface area (Å²) in [5.41, 5.74) is 1.92. The van der Waals surface area contributed by atoms with Gasteiger partial charge in [-0.05, 0) is 29.7 Å². The molecular formula is C20H20N4O3. The maximum Gasteiger partial charge on any atom is 0.373 e. The molecule has 0 amide bonds. The van der Waals surface area contributed by atoms with Crippen molar-refractivity contribution in [2.75, 3.05) is 11.9 Å². The number of nitro groups is 1. The molecule has 1 heterocycles. The van der Waals surface area contributed by atoms with Gasteiger partial charge in [0.2, 0.25) is 5.82 Å². The number of aromatic nitrogens is 2. The van der Waals surface area contributed by atoms with Gasteiger partial charge < -0.3 is 9.64 Å². The summed E-state index contributed by atoms with van der Waals surface area (Å²) in [7, 11) is 1.75. The first-order valence-corrected chi connectivity index (χ1v) is 8.59. The zero-order valence-electron chi connectivity index (χ0n) is 15.2. The van der Waals surface area contributed by atoms with Gasteiger partial charge in [-0.1, -0.05) is 49.4 Å². The Balaban J connectivity index is 1.90. The van der Waals surface area contributed by atoms with E-state index < -0.39 is 4.92 Å². The lowest BCUT2D eigenvalue weighted by Crippen LogP contribution is -2.19. The Morgan fingerprint density at radius 3 is 2.37 bits per heavy atom. The van der Waals surface area contributed by atoms with E-state index in [0.29, 0.717) is 12.3 Å². The van der Waals surface area contributed by atoms with Crippen LogP contribution in [0, 0.1) is 10.1 Å². The number of benzene rings is 2. The van der Waals surface area contributed by atoms with Gasteiger partial charge in [-0.3, -0.25) is 10.1 Å². The second kappa shape index (κ2) is 8.27. The van der Waals surface area contributed by atoms with E-state index in [9.17, 15) is 10.1 Å². The lowest BCUT2D eigenvalue weighted by Gasteiger charge is -2.18. The van der Waals surface area contributed by atoms with Crippen molar-refractivity contribution >= 4 is 11.5 Å². The van der Waals surface area contributed by atoms with E-state index in [4.69, 9.17) is 4.74 Å². The van der Waals surface area contributed by atoms with E-state index >= 15 is 0 Å². The van der Waals surface area contributed by atoms with Crippen molar-refractivity contribution in [3.8, 4) is 11.6 Å². The summed E-state index contributed by atoms with van der Waals surface area (Å²) in [5.74, 6) is 0.624. The molecule has 0 aliphatic heterocycles. The molecule has 1 aromatic heterocycles. The van der Waals surface area contributed by atoms with Crippen LogP contribution in [0.15, 0.2) is 60.9 Å². The smallest absolute Gasteiger partial charge is 0.373 e. The first-order chi connectivity index (χ1) is 13.1. The van der Waals surface area contributed by atoms with Crippen LogP contribution >= 0.6 is 0 Å². The van der Waals surface area contributed by atoms with Gasteiger partial charge in [0.05, 0.1) is 4.92 Å². The SMILES string of the molecule is CCc1ccc(Oc2ncnc(N(C)Cc3ccccc3)c2[N+](=O)[O-])cc1. The summed E-state index contributed by atoms with van der Waals surface area (Å²) in [5, 5.41) is 11.7. The fourth-order valence-corrected chi connectivity index (χ4v) is 2.70. The van der Waals surface area contributed by atoms with Crippen LogP contribution in [0.1, 0.15) is 18.1 Å². The summed E-state index contributed by atoms with van der Waals surface area (Å²) in [6, 6.07) is 17.1. The number of ether oxygens (including phenoxy) is 1. The Kier molecular flexibility index (Phi) is 5.61. The quantitative estimate of drug-likeness (QED) is 0.457. The molecule has 0 unspecified atom stereocenters. The van der Waals surface area contributed by atoms with Gasteiger partial charge in [-0.15, -0.1) is 0 Å². The molecule has 3 aromatic rings. The summed E-state index contributed by atoms with van der Waals surface area (Å²) in [6.45, 7) is 2.53. The summed E-state index contributed by atoms with van der Waals surface area (Å²) in [6.07, 6.45) is 2.18. The molecule has 0 bridgehead atoms. The van der Waals surface area contributed by atoms with Crippen LogP contribution in [0.3, 0.4) is 0 Å². The zero-order valence-corrected chi connectivity index (χ0v) is 15.2. The van der Waals surface area contributed by atoms with E-state index in [2.05, 4.69) is 16.9 Å². The van der Waals surface area contributed by atoms with Crippen molar-refractivity contribution in [3.05, 3.63) is 82.2 Å². The van der Waals surface area contributed by atoms with E-state index in [1.54, 1.807) is 24.1 Å². The standard InChI is InChI=1S/C20H20N4O3/c1-3-15-9-11-17(12-10-15)27-20-18(24(25)26)19(21-14-22-20)23(2)13-16-7-5-4-6-8-16/h4-12,14H,3,13H2,1-2H3. The maximum absolute atomic E-state index is 11.7. The molecule has 0 aliphatic carbocycles. The summed E-state index contributed by atoms with van der Waals surface area (Å²) < 4.78 is 5.69. The topological polar surface area (TPSA) is 81.4 Å². The Hall–Kier alpha value is -3.48. The predicted molar refractivity (Wildman–Crippen MR) is 103 cm³/mol. The number of nitrogens with zero attached hydrogens (tertiary/aromatic N) is 4. The van der Waals surface area contributed by atoms with Crippen molar-refractivity contribution < 1.29 is 9.66 Å². The second-order valence-corrected chi connectivity index (χ2v) is 6.05. The van der Waals surface area contributed by atoms with Gasteiger partial charge in [0, 0.05) is 13.6 Å². The fourth-order valence-electron chi connectivity index (χ4n) is 2.70. The molecule has 138 valence electrons. The zero-order chi connectivity index (χ0) is 19.2. The predicted octanol–water partition coefficient (Wildman–Crippen LogP) is 4.38.